The zero-order valence-corrected chi connectivity index (χ0v) is 6.41. The van der Waals surface area contributed by atoms with Crippen LogP contribution in [0.4, 0.5) is 0 Å². The lowest BCUT2D eigenvalue weighted by atomic mass is 10.1. The Bertz CT molecular complexity index is 74.9. The molecular weight excluding hydrogens is 134 g/mol. The Labute approximate surface area is 62.6 Å². The molecule has 1 saturated heterocycles. The molecule has 0 aromatic carbocycles. The molecule has 0 aromatic heterocycles. The first-order valence-electron chi connectivity index (χ1n) is 3.70. The normalized spacial score (nSPS) is 40.0. The van der Waals surface area contributed by atoms with Crippen molar-refractivity contribution < 1.29 is 0 Å². The van der Waals surface area contributed by atoms with Crippen molar-refractivity contribution in [2.24, 2.45) is 5.92 Å². The second-order valence-electron chi connectivity index (χ2n) is 3.04. The topological polar surface area (TPSA) is 12.0 Å². The van der Waals surface area contributed by atoms with Crippen LogP contribution in [0.15, 0.2) is 0 Å². The van der Waals surface area contributed by atoms with Crippen LogP contribution in [-0.2, 0) is 0 Å². The standard InChI is InChI=1S/C7H13N.ClH/c1-2-6-4-5-8-7(6)3-1;/h6-8H,1-5H2;1H/t6-,7-;/m1./s1. The first kappa shape index (κ1) is 7.36. The van der Waals surface area contributed by atoms with Gasteiger partial charge in [0.05, 0.1) is 0 Å². The smallest absolute Gasteiger partial charge is 0.00958 e. The van der Waals surface area contributed by atoms with Crippen molar-refractivity contribution in [3.05, 3.63) is 0 Å². The van der Waals surface area contributed by atoms with E-state index in [0.29, 0.717) is 0 Å². The van der Waals surface area contributed by atoms with Gasteiger partial charge in [-0.2, -0.15) is 0 Å². The van der Waals surface area contributed by atoms with Crippen LogP contribution in [0.1, 0.15) is 25.7 Å². The van der Waals surface area contributed by atoms with E-state index < -0.39 is 0 Å². The Kier molecular flexibility index (Phi) is 2.36. The first-order valence-corrected chi connectivity index (χ1v) is 3.70. The molecule has 1 N–H and O–H groups in total. The summed E-state index contributed by atoms with van der Waals surface area (Å²) in [4.78, 5) is 0. The molecule has 0 radical (unpaired) electrons. The zero-order valence-electron chi connectivity index (χ0n) is 5.60. The van der Waals surface area contributed by atoms with Crippen LogP contribution in [0.5, 0.6) is 0 Å². The van der Waals surface area contributed by atoms with Crippen LogP contribution in [0.3, 0.4) is 0 Å². The van der Waals surface area contributed by atoms with Gasteiger partial charge in [-0.05, 0) is 31.7 Å². The lowest BCUT2D eigenvalue weighted by molar-refractivity contribution is 0.518. The zero-order chi connectivity index (χ0) is 5.40. The van der Waals surface area contributed by atoms with Crippen molar-refractivity contribution in [3.63, 3.8) is 0 Å². The van der Waals surface area contributed by atoms with E-state index in [2.05, 4.69) is 5.32 Å². The van der Waals surface area contributed by atoms with Crippen LogP contribution < -0.4 is 5.32 Å². The highest BCUT2D eigenvalue weighted by molar-refractivity contribution is 5.85. The molecule has 1 saturated carbocycles. The average Bonchev–Trinajstić information content (AvgIpc) is 2.15. The van der Waals surface area contributed by atoms with Gasteiger partial charge in [0.1, 0.15) is 0 Å². The molecular formula is C7H14ClN. The summed E-state index contributed by atoms with van der Waals surface area (Å²) >= 11 is 0. The van der Waals surface area contributed by atoms with Crippen LogP contribution in [0.25, 0.3) is 0 Å². The van der Waals surface area contributed by atoms with Crippen molar-refractivity contribution in [2.45, 2.75) is 31.7 Å². The molecule has 1 aliphatic carbocycles. The summed E-state index contributed by atoms with van der Waals surface area (Å²) in [6.07, 6.45) is 5.87. The van der Waals surface area contributed by atoms with Crippen LogP contribution in [-0.4, -0.2) is 12.6 Å². The molecule has 2 heteroatoms. The van der Waals surface area contributed by atoms with Gasteiger partial charge >= 0.3 is 0 Å². The highest BCUT2D eigenvalue weighted by Gasteiger charge is 2.30. The molecule has 0 aromatic rings. The van der Waals surface area contributed by atoms with E-state index in [1.807, 2.05) is 0 Å². The highest BCUT2D eigenvalue weighted by Crippen LogP contribution is 2.31. The maximum Gasteiger partial charge on any atom is 0.00958 e. The van der Waals surface area contributed by atoms with E-state index in [0.717, 1.165) is 12.0 Å². The van der Waals surface area contributed by atoms with Gasteiger partial charge in [0.15, 0.2) is 0 Å². The quantitative estimate of drug-likeness (QED) is 0.549. The van der Waals surface area contributed by atoms with Gasteiger partial charge in [-0.3, -0.25) is 0 Å². The van der Waals surface area contributed by atoms with Crippen molar-refractivity contribution in [3.8, 4) is 0 Å². The Morgan fingerprint density at radius 1 is 1.11 bits per heavy atom. The molecule has 2 fully saturated rings. The average molecular weight is 148 g/mol. The summed E-state index contributed by atoms with van der Waals surface area (Å²) in [6.45, 7) is 1.29. The fourth-order valence-electron chi connectivity index (χ4n) is 2.11. The van der Waals surface area contributed by atoms with Crippen LogP contribution >= 0.6 is 12.4 Å². The fraction of sp³-hybridized carbons (Fsp3) is 1.00. The second kappa shape index (κ2) is 2.89. The number of rotatable bonds is 0. The molecule has 1 aliphatic heterocycles. The van der Waals surface area contributed by atoms with Crippen molar-refractivity contribution in [1.29, 1.82) is 0 Å². The predicted molar refractivity (Wildman–Crippen MR) is 41.0 cm³/mol. The third-order valence-corrected chi connectivity index (χ3v) is 2.58. The first-order chi connectivity index (χ1) is 3.97. The van der Waals surface area contributed by atoms with Crippen molar-refractivity contribution in [2.75, 3.05) is 6.54 Å². The molecule has 0 bridgehead atoms. The van der Waals surface area contributed by atoms with Crippen LogP contribution in [0, 0.1) is 5.92 Å². The third kappa shape index (κ3) is 1.22. The minimum atomic E-state index is 0. The fourth-order valence-corrected chi connectivity index (χ4v) is 2.11. The minimum absolute atomic E-state index is 0. The molecule has 1 nitrogen and oxygen atoms in total. The number of hydrogen-bond acceptors (Lipinski definition) is 1. The van der Waals surface area contributed by atoms with E-state index in [-0.39, 0.29) is 12.4 Å². The van der Waals surface area contributed by atoms with E-state index in [9.17, 15) is 0 Å². The second-order valence-corrected chi connectivity index (χ2v) is 3.04. The van der Waals surface area contributed by atoms with E-state index >= 15 is 0 Å². The number of nitrogens with one attached hydrogen (secondary N) is 1. The predicted octanol–water partition coefficient (Wildman–Crippen LogP) is 1.57. The van der Waals surface area contributed by atoms with Gasteiger partial charge in [0.2, 0.25) is 0 Å². The molecule has 54 valence electrons. The number of hydrogen-bond donors (Lipinski definition) is 1. The molecule has 0 spiro atoms. The molecule has 2 atom stereocenters. The maximum atomic E-state index is 3.52. The summed E-state index contributed by atoms with van der Waals surface area (Å²) in [7, 11) is 0. The maximum absolute atomic E-state index is 3.52. The summed E-state index contributed by atoms with van der Waals surface area (Å²) in [6, 6.07) is 0.926. The number of fused-ring (bicyclic) bond motifs is 1. The molecule has 2 rings (SSSR count). The molecule has 2 aliphatic rings. The third-order valence-electron chi connectivity index (χ3n) is 2.58. The van der Waals surface area contributed by atoms with E-state index in [4.69, 9.17) is 0 Å². The Morgan fingerprint density at radius 3 is 2.78 bits per heavy atom. The van der Waals surface area contributed by atoms with Gasteiger partial charge in [-0.15, -0.1) is 12.4 Å². The Balaban J connectivity index is 0.000000405. The van der Waals surface area contributed by atoms with Gasteiger partial charge in [0, 0.05) is 6.04 Å². The summed E-state index contributed by atoms with van der Waals surface area (Å²) in [5.41, 5.74) is 0. The largest absolute Gasteiger partial charge is 0.314 e. The van der Waals surface area contributed by atoms with E-state index in [1.165, 1.54) is 32.2 Å². The van der Waals surface area contributed by atoms with Crippen LogP contribution in [0.2, 0.25) is 0 Å². The molecule has 9 heavy (non-hydrogen) atoms. The SMILES string of the molecule is C1C[C@@H]2CCN[C@@H]2C1.Cl. The van der Waals surface area contributed by atoms with Gasteiger partial charge in [-0.25, -0.2) is 0 Å². The highest BCUT2D eigenvalue weighted by atomic mass is 35.5. The summed E-state index contributed by atoms with van der Waals surface area (Å²) < 4.78 is 0. The van der Waals surface area contributed by atoms with Gasteiger partial charge in [0.25, 0.3) is 0 Å². The summed E-state index contributed by atoms with van der Waals surface area (Å²) in [5, 5.41) is 3.52. The lowest BCUT2D eigenvalue weighted by Crippen LogP contribution is -2.21. The summed E-state index contributed by atoms with van der Waals surface area (Å²) in [5.74, 6) is 1.06. The monoisotopic (exact) mass is 147 g/mol. The Morgan fingerprint density at radius 2 is 2.00 bits per heavy atom. The molecule has 0 unspecified atom stereocenters. The van der Waals surface area contributed by atoms with Crippen molar-refractivity contribution >= 4 is 12.4 Å². The van der Waals surface area contributed by atoms with Crippen molar-refractivity contribution in [1.82, 2.24) is 5.32 Å². The number of halogens is 1. The van der Waals surface area contributed by atoms with Gasteiger partial charge < -0.3 is 5.32 Å². The van der Waals surface area contributed by atoms with Gasteiger partial charge in [-0.1, -0.05) is 6.42 Å². The lowest BCUT2D eigenvalue weighted by Gasteiger charge is -2.05. The minimum Gasteiger partial charge on any atom is -0.314 e. The Hall–Kier alpha value is 0.250. The molecule has 1 heterocycles. The molecule has 0 amide bonds. The van der Waals surface area contributed by atoms with E-state index in [1.54, 1.807) is 0 Å².